The number of ether oxygens (including phenoxy) is 1. The number of benzene rings is 1. The molecule has 1 aliphatic carbocycles. The summed E-state index contributed by atoms with van der Waals surface area (Å²) in [4.78, 5) is 4.30. The van der Waals surface area contributed by atoms with Crippen LogP contribution in [0.2, 0.25) is 0 Å². The summed E-state index contributed by atoms with van der Waals surface area (Å²) in [6.45, 7) is 0.316. The van der Waals surface area contributed by atoms with E-state index < -0.39 is 0 Å². The molecule has 3 aromatic heterocycles. The average Bonchev–Trinajstić information content (AvgIpc) is 3.24. The average molecular weight is 378 g/mol. The van der Waals surface area contributed by atoms with Crippen LogP contribution in [0.4, 0.5) is 4.39 Å². The highest BCUT2D eigenvalue weighted by atomic mass is 19.1. The lowest BCUT2D eigenvalue weighted by molar-refractivity contribution is 0.273. The van der Waals surface area contributed by atoms with Crippen molar-refractivity contribution in [2.45, 2.75) is 31.8 Å². The van der Waals surface area contributed by atoms with E-state index in [-0.39, 0.29) is 5.82 Å². The number of rotatable bonds is 5. The van der Waals surface area contributed by atoms with Gasteiger partial charge in [-0.25, -0.2) is 9.37 Å². The Morgan fingerprint density at radius 1 is 1.21 bits per heavy atom. The van der Waals surface area contributed by atoms with Crippen molar-refractivity contribution in [1.82, 2.24) is 29.4 Å². The fourth-order valence-corrected chi connectivity index (χ4v) is 3.45. The molecule has 1 aromatic carbocycles. The highest BCUT2D eigenvalue weighted by Gasteiger charge is 2.26. The SMILES string of the molecule is Cn1cnc(COc2nn3c(-c4ccccc4F)nnc3cc2C2CCC2)c1. The first-order valence-electron chi connectivity index (χ1n) is 9.30. The Morgan fingerprint density at radius 2 is 2.07 bits per heavy atom. The van der Waals surface area contributed by atoms with Gasteiger partial charge in [-0.2, -0.15) is 4.52 Å². The van der Waals surface area contributed by atoms with Gasteiger partial charge in [0.2, 0.25) is 5.88 Å². The minimum atomic E-state index is -0.363. The maximum Gasteiger partial charge on any atom is 0.235 e. The van der Waals surface area contributed by atoms with Crippen LogP contribution in [0, 0.1) is 5.82 Å². The molecule has 1 aliphatic rings. The van der Waals surface area contributed by atoms with E-state index in [0.717, 1.165) is 24.1 Å². The lowest BCUT2D eigenvalue weighted by Gasteiger charge is -2.26. The number of aryl methyl sites for hydroxylation is 1. The molecule has 0 amide bonds. The second-order valence-electron chi connectivity index (χ2n) is 7.13. The van der Waals surface area contributed by atoms with Crippen LogP contribution in [0.3, 0.4) is 0 Å². The molecule has 7 nitrogen and oxygen atoms in total. The second kappa shape index (κ2) is 6.70. The van der Waals surface area contributed by atoms with Crippen LogP contribution >= 0.6 is 0 Å². The van der Waals surface area contributed by atoms with Gasteiger partial charge in [-0.15, -0.1) is 15.3 Å². The first-order chi connectivity index (χ1) is 13.7. The number of hydrogen-bond acceptors (Lipinski definition) is 5. The summed E-state index contributed by atoms with van der Waals surface area (Å²) in [5, 5.41) is 13.0. The zero-order valence-corrected chi connectivity index (χ0v) is 15.4. The zero-order chi connectivity index (χ0) is 19.1. The minimum Gasteiger partial charge on any atom is -0.470 e. The predicted octanol–water partition coefficient (Wildman–Crippen LogP) is 3.51. The third-order valence-corrected chi connectivity index (χ3v) is 5.16. The van der Waals surface area contributed by atoms with E-state index in [1.54, 1.807) is 29.0 Å². The zero-order valence-electron chi connectivity index (χ0n) is 15.4. The molecule has 1 saturated carbocycles. The maximum atomic E-state index is 14.3. The fourth-order valence-electron chi connectivity index (χ4n) is 3.45. The van der Waals surface area contributed by atoms with Crippen molar-refractivity contribution >= 4 is 5.65 Å². The summed E-state index contributed by atoms with van der Waals surface area (Å²) >= 11 is 0. The van der Waals surface area contributed by atoms with E-state index in [4.69, 9.17) is 4.74 Å². The number of imidazole rings is 1. The Labute approximate surface area is 160 Å². The molecule has 4 aromatic rings. The van der Waals surface area contributed by atoms with E-state index in [1.165, 1.54) is 12.5 Å². The fraction of sp³-hybridized carbons (Fsp3) is 0.300. The molecule has 28 heavy (non-hydrogen) atoms. The van der Waals surface area contributed by atoms with Crippen molar-refractivity contribution in [2.24, 2.45) is 7.05 Å². The smallest absolute Gasteiger partial charge is 0.235 e. The van der Waals surface area contributed by atoms with E-state index in [9.17, 15) is 4.39 Å². The number of hydrogen-bond donors (Lipinski definition) is 0. The summed E-state index contributed by atoms with van der Waals surface area (Å²) in [6, 6.07) is 8.44. The second-order valence-corrected chi connectivity index (χ2v) is 7.13. The molecule has 1 fully saturated rings. The molecule has 142 valence electrons. The van der Waals surface area contributed by atoms with Crippen molar-refractivity contribution in [1.29, 1.82) is 0 Å². The summed E-state index contributed by atoms with van der Waals surface area (Å²) in [5.74, 6) is 0.929. The van der Waals surface area contributed by atoms with Crippen LogP contribution in [0.5, 0.6) is 5.88 Å². The van der Waals surface area contributed by atoms with Gasteiger partial charge in [-0.3, -0.25) is 0 Å². The van der Waals surface area contributed by atoms with Crippen molar-refractivity contribution in [3.63, 3.8) is 0 Å². The lowest BCUT2D eigenvalue weighted by Crippen LogP contribution is -2.13. The first kappa shape index (κ1) is 16.9. The first-order valence-corrected chi connectivity index (χ1v) is 9.30. The summed E-state index contributed by atoms with van der Waals surface area (Å²) in [7, 11) is 1.92. The van der Waals surface area contributed by atoms with Gasteiger partial charge in [0.15, 0.2) is 11.5 Å². The lowest BCUT2D eigenvalue weighted by atomic mass is 9.80. The number of aromatic nitrogens is 6. The molecule has 5 rings (SSSR count). The molecule has 0 radical (unpaired) electrons. The standard InChI is InChI=1S/C20H19FN6O/c1-26-10-14(22-12-26)11-28-20-16(13-5-4-6-13)9-18-23-24-19(27(18)25-20)15-7-2-3-8-17(15)21/h2-3,7-10,12-13H,4-6,11H2,1H3. The van der Waals surface area contributed by atoms with Crippen LogP contribution in [0.15, 0.2) is 42.9 Å². The maximum absolute atomic E-state index is 14.3. The van der Waals surface area contributed by atoms with Crippen molar-refractivity contribution < 1.29 is 9.13 Å². The highest BCUT2D eigenvalue weighted by Crippen LogP contribution is 2.40. The van der Waals surface area contributed by atoms with Crippen molar-refractivity contribution in [3.8, 4) is 17.3 Å². The van der Waals surface area contributed by atoms with Crippen LogP contribution in [0.1, 0.15) is 36.4 Å². The normalized spacial score (nSPS) is 14.4. The summed E-state index contributed by atoms with van der Waals surface area (Å²) in [6.07, 6.45) is 7.05. The number of halogens is 1. The molecule has 0 atom stereocenters. The third kappa shape index (κ3) is 2.90. The molecule has 0 unspecified atom stereocenters. The molecular weight excluding hydrogens is 359 g/mol. The Morgan fingerprint density at radius 3 is 2.79 bits per heavy atom. The molecular formula is C20H19FN6O. The molecule has 0 bridgehead atoms. The highest BCUT2D eigenvalue weighted by molar-refractivity contribution is 5.60. The van der Waals surface area contributed by atoms with Gasteiger partial charge in [0.05, 0.1) is 17.6 Å². The van der Waals surface area contributed by atoms with E-state index in [0.29, 0.717) is 35.4 Å². The number of nitrogens with zero attached hydrogens (tertiary/aromatic N) is 6. The largest absolute Gasteiger partial charge is 0.470 e. The predicted molar refractivity (Wildman–Crippen MR) is 100 cm³/mol. The van der Waals surface area contributed by atoms with Crippen molar-refractivity contribution in [3.05, 3.63) is 59.9 Å². The molecule has 3 heterocycles. The van der Waals surface area contributed by atoms with Crippen molar-refractivity contribution in [2.75, 3.05) is 0 Å². The van der Waals surface area contributed by atoms with Gasteiger partial charge in [0.1, 0.15) is 12.4 Å². The minimum absolute atomic E-state index is 0.316. The summed E-state index contributed by atoms with van der Waals surface area (Å²) < 4.78 is 23.7. The van der Waals surface area contributed by atoms with Crippen LogP contribution in [-0.2, 0) is 13.7 Å². The van der Waals surface area contributed by atoms with Gasteiger partial charge in [0.25, 0.3) is 0 Å². The van der Waals surface area contributed by atoms with Crippen LogP contribution in [-0.4, -0.2) is 29.4 Å². The van der Waals surface area contributed by atoms with Crippen LogP contribution in [0.25, 0.3) is 17.0 Å². The Balaban J connectivity index is 1.57. The Kier molecular flexibility index (Phi) is 4.03. The van der Waals surface area contributed by atoms with Gasteiger partial charge in [-0.1, -0.05) is 18.6 Å². The van der Waals surface area contributed by atoms with E-state index in [1.807, 2.05) is 23.9 Å². The molecule has 8 heteroatoms. The molecule has 0 saturated heterocycles. The Bertz CT molecular complexity index is 1150. The van der Waals surface area contributed by atoms with E-state index in [2.05, 4.69) is 20.3 Å². The summed E-state index contributed by atoms with van der Waals surface area (Å²) in [5.41, 5.74) is 2.80. The van der Waals surface area contributed by atoms with Crippen LogP contribution < -0.4 is 4.74 Å². The molecule has 0 N–H and O–H groups in total. The van der Waals surface area contributed by atoms with Gasteiger partial charge in [0, 0.05) is 18.8 Å². The van der Waals surface area contributed by atoms with Gasteiger partial charge < -0.3 is 9.30 Å². The monoisotopic (exact) mass is 378 g/mol. The molecule has 0 spiro atoms. The van der Waals surface area contributed by atoms with Gasteiger partial charge >= 0.3 is 0 Å². The topological polar surface area (TPSA) is 70.1 Å². The van der Waals surface area contributed by atoms with E-state index >= 15 is 0 Å². The third-order valence-electron chi connectivity index (χ3n) is 5.16. The van der Waals surface area contributed by atoms with Gasteiger partial charge in [-0.05, 0) is 37.0 Å². The Hall–Kier alpha value is -3.29. The quantitative estimate of drug-likeness (QED) is 0.531. The molecule has 0 aliphatic heterocycles. The number of fused-ring (bicyclic) bond motifs is 1.